The molecule has 3 N–H and O–H groups in total. The number of urea groups is 1. The third-order valence-corrected chi connectivity index (χ3v) is 3.51. The van der Waals surface area contributed by atoms with Crippen LogP contribution < -0.4 is 20.7 Å². The lowest BCUT2D eigenvalue weighted by atomic mass is 10.2. The summed E-state index contributed by atoms with van der Waals surface area (Å²) < 4.78 is 147. The second-order valence-corrected chi connectivity index (χ2v) is 5.81. The molecule has 0 radical (unpaired) electrons. The van der Waals surface area contributed by atoms with Crippen LogP contribution in [0.1, 0.15) is 33.9 Å². The number of alkyl halides is 3. The van der Waals surface area contributed by atoms with Crippen molar-refractivity contribution in [3.8, 4) is 11.5 Å². The molecule has 0 saturated carbocycles. The summed E-state index contributed by atoms with van der Waals surface area (Å²) in [7, 11) is 0. The van der Waals surface area contributed by atoms with Gasteiger partial charge in [0.25, 0.3) is 5.91 Å². The molecule has 0 aliphatic heterocycles. The molecule has 0 aliphatic rings. The van der Waals surface area contributed by atoms with Crippen LogP contribution in [0, 0.1) is 0 Å². The van der Waals surface area contributed by atoms with Crippen LogP contribution in [-0.2, 0) is 6.18 Å². The molecule has 166 valence electrons. The predicted molar refractivity (Wildman–Crippen MR) is 113 cm³/mol. The standard InChI is InChI=1S/C21H16ClF3N4O3/c1-26-19(30)18-11-15(8-9-27-18)32-14-5-2-12(3-6-14)28-20(31)29-13-4-7-17(22)16(10-13)21(23,24)25/h2-11H,1H3,(H,26,30)(H2,28,29,31)/i1D3,2D,3D,4D,5D,6D,7D,8D,9D,10D,11D. The maximum Gasteiger partial charge on any atom is 0.417 e. The summed E-state index contributed by atoms with van der Waals surface area (Å²) >= 11 is 5.49. The van der Waals surface area contributed by atoms with E-state index in [0.29, 0.717) is 0 Å². The monoisotopic (exact) mass is 477 g/mol. The molecule has 0 saturated heterocycles. The molecule has 0 aliphatic carbocycles. The van der Waals surface area contributed by atoms with Crippen molar-refractivity contribution < 1.29 is 45.3 Å². The lowest BCUT2D eigenvalue weighted by molar-refractivity contribution is -0.137. The summed E-state index contributed by atoms with van der Waals surface area (Å²) in [6.45, 7) is -3.03. The summed E-state index contributed by atoms with van der Waals surface area (Å²) in [5, 5.41) is 3.83. The SMILES string of the molecule is [2H]c1nc(C(=O)NC([2H])([2H])[2H])c([2H])c(Oc2c([2H])c([2H])c(NC(=O)Nc3c([2H])c([2H])c(Cl)c(C(F)(F)F)c3[2H])c([2H])c2[2H])c1[2H]. The first-order valence-electron chi connectivity index (χ1n) is 14.5. The molecule has 0 fully saturated rings. The van der Waals surface area contributed by atoms with Crippen molar-refractivity contribution in [3.63, 3.8) is 0 Å². The molecule has 1 aromatic heterocycles. The van der Waals surface area contributed by atoms with Crippen LogP contribution in [0.3, 0.4) is 0 Å². The van der Waals surface area contributed by atoms with E-state index in [-0.39, 0.29) is 0 Å². The van der Waals surface area contributed by atoms with Gasteiger partial charge in [0.2, 0.25) is 0 Å². The third-order valence-electron chi connectivity index (χ3n) is 3.23. The van der Waals surface area contributed by atoms with Crippen LogP contribution in [0.15, 0.2) is 60.6 Å². The number of amides is 3. The average Bonchev–Trinajstić information content (AvgIpc) is 2.91. The minimum absolute atomic E-state index is 0.894. The Hall–Kier alpha value is -3.79. The van der Waals surface area contributed by atoms with E-state index in [1.54, 1.807) is 5.32 Å². The fraction of sp³-hybridized carbons (Fsp3) is 0.0952. The van der Waals surface area contributed by atoms with Crippen molar-refractivity contribution in [1.82, 2.24) is 10.3 Å². The van der Waals surface area contributed by atoms with E-state index < -0.39 is 125 Å². The number of ether oxygens (including phenoxy) is 1. The number of benzene rings is 2. The Morgan fingerprint density at radius 1 is 1.03 bits per heavy atom. The van der Waals surface area contributed by atoms with Gasteiger partial charge >= 0.3 is 12.2 Å². The fourth-order valence-corrected chi connectivity index (χ4v) is 2.14. The first kappa shape index (κ1) is 11.2. The molecule has 1 heterocycles. The first-order chi connectivity index (χ1) is 20.5. The molecule has 0 bridgehead atoms. The minimum Gasteiger partial charge on any atom is -0.457 e. The number of hydrogen-bond donors (Lipinski definition) is 3. The summed E-state index contributed by atoms with van der Waals surface area (Å²) in [6.07, 6.45) is -6.24. The number of pyridine rings is 1. The van der Waals surface area contributed by atoms with Crippen LogP contribution >= 0.6 is 11.6 Å². The molecule has 32 heavy (non-hydrogen) atoms. The molecular formula is C21H16ClF3N4O3. The highest BCUT2D eigenvalue weighted by atomic mass is 35.5. The number of nitrogens with one attached hydrogen (secondary N) is 3. The van der Waals surface area contributed by atoms with Gasteiger partial charge in [0.05, 0.1) is 24.3 Å². The quantitative estimate of drug-likeness (QED) is 0.449. The van der Waals surface area contributed by atoms with E-state index in [1.807, 2.05) is 5.32 Å². The highest BCUT2D eigenvalue weighted by Gasteiger charge is 2.33. The Bertz CT molecular complexity index is 1730. The smallest absolute Gasteiger partial charge is 0.417 e. The molecule has 0 spiro atoms. The molecule has 0 unspecified atom stereocenters. The first-order valence-corrected chi connectivity index (χ1v) is 8.40. The summed E-state index contributed by atoms with van der Waals surface area (Å²) in [4.78, 5) is 28.3. The van der Waals surface area contributed by atoms with E-state index in [0.717, 1.165) is 0 Å². The molecule has 3 rings (SSSR count). The normalized spacial score (nSPS) is 17.1. The van der Waals surface area contributed by atoms with Crippen molar-refractivity contribution in [2.75, 3.05) is 17.6 Å². The van der Waals surface area contributed by atoms with Gasteiger partial charge in [-0.3, -0.25) is 9.78 Å². The third kappa shape index (κ3) is 5.88. The van der Waals surface area contributed by atoms with E-state index in [1.165, 1.54) is 5.32 Å². The zero-order valence-corrected chi connectivity index (χ0v) is 15.9. The number of nitrogens with zero attached hydrogens (tertiary/aromatic N) is 1. The topological polar surface area (TPSA) is 92.3 Å². The van der Waals surface area contributed by atoms with Crippen molar-refractivity contribution in [2.45, 2.75) is 6.18 Å². The van der Waals surface area contributed by atoms with Gasteiger partial charge in [-0.2, -0.15) is 13.2 Å². The van der Waals surface area contributed by atoms with Crippen molar-refractivity contribution in [1.29, 1.82) is 0 Å². The lowest BCUT2D eigenvalue weighted by Crippen LogP contribution is -2.19. The van der Waals surface area contributed by atoms with Gasteiger partial charge in [-0.05, 0) is 48.3 Å². The number of anilines is 2. The Morgan fingerprint density at radius 3 is 2.41 bits per heavy atom. The van der Waals surface area contributed by atoms with Crippen LogP contribution in [0.2, 0.25) is 5.02 Å². The van der Waals surface area contributed by atoms with Crippen LogP contribution in [-0.4, -0.2) is 23.9 Å². The second-order valence-electron chi connectivity index (χ2n) is 5.43. The van der Waals surface area contributed by atoms with E-state index in [2.05, 4.69) is 4.98 Å². The fourth-order valence-electron chi connectivity index (χ4n) is 1.94. The van der Waals surface area contributed by atoms with Crippen LogP contribution in [0.25, 0.3) is 0 Å². The number of rotatable bonds is 5. The number of halogens is 4. The zero-order valence-electron chi connectivity index (χ0n) is 28.2. The predicted octanol–water partition coefficient (Wildman–Crippen LogP) is 5.55. The lowest BCUT2D eigenvalue weighted by Gasteiger charge is -2.12. The van der Waals surface area contributed by atoms with Crippen molar-refractivity contribution in [3.05, 3.63) is 76.8 Å². The number of carbonyl (C=O) groups excluding carboxylic acids is 2. The highest BCUT2D eigenvalue weighted by molar-refractivity contribution is 6.31. The van der Waals surface area contributed by atoms with E-state index in [4.69, 9.17) is 34.2 Å². The van der Waals surface area contributed by atoms with E-state index >= 15 is 0 Å². The Labute approximate surface area is 203 Å². The zero-order chi connectivity index (χ0) is 34.5. The van der Waals surface area contributed by atoms with Crippen LogP contribution in [0.4, 0.5) is 29.3 Å². The van der Waals surface area contributed by atoms with Crippen LogP contribution in [0.5, 0.6) is 11.5 Å². The van der Waals surface area contributed by atoms with Gasteiger partial charge in [-0.15, -0.1) is 0 Å². The van der Waals surface area contributed by atoms with Gasteiger partial charge in [0.15, 0.2) is 0 Å². The maximum atomic E-state index is 13.4. The van der Waals surface area contributed by atoms with Crippen molar-refractivity contribution >= 4 is 34.9 Å². The maximum absolute atomic E-state index is 13.4. The van der Waals surface area contributed by atoms with Gasteiger partial charge < -0.3 is 20.7 Å². The van der Waals surface area contributed by atoms with Gasteiger partial charge in [0, 0.05) is 34.7 Å². The highest BCUT2D eigenvalue weighted by Crippen LogP contribution is 2.36. The Kier molecular flexibility index (Phi) is 3.34. The van der Waals surface area contributed by atoms with Gasteiger partial charge in [-0.1, -0.05) is 11.6 Å². The molecule has 3 aromatic rings. The molecule has 0 atom stereocenters. The Balaban J connectivity index is 2.03. The summed E-state index contributed by atoms with van der Waals surface area (Å²) in [5.74, 6) is -3.43. The number of carbonyl (C=O) groups is 2. The summed E-state index contributed by atoms with van der Waals surface area (Å²) in [6, 6.07) is -11.5. The number of aromatic nitrogens is 1. The summed E-state index contributed by atoms with van der Waals surface area (Å²) in [5.41, 5.74) is -4.81. The number of hydrogen-bond acceptors (Lipinski definition) is 4. The minimum atomic E-state index is -5.25. The molecule has 11 heteroatoms. The molecule has 7 nitrogen and oxygen atoms in total. The Morgan fingerprint density at radius 2 is 1.72 bits per heavy atom. The molecular weight excluding hydrogens is 449 g/mol. The largest absolute Gasteiger partial charge is 0.457 e. The van der Waals surface area contributed by atoms with Gasteiger partial charge in [-0.25, -0.2) is 4.79 Å². The average molecular weight is 478 g/mol. The van der Waals surface area contributed by atoms with Gasteiger partial charge in [0.1, 0.15) is 17.2 Å². The second kappa shape index (κ2) is 9.56. The molecule has 2 aromatic carbocycles. The van der Waals surface area contributed by atoms with Crippen molar-refractivity contribution in [2.24, 2.45) is 0 Å². The van der Waals surface area contributed by atoms with E-state index in [9.17, 15) is 22.8 Å². The molecule has 3 amide bonds.